The summed E-state index contributed by atoms with van der Waals surface area (Å²) < 4.78 is 26.4. The van der Waals surface area contributed by atoms with Gasteiger partial charge in [-0.05, 0) is 12.3 Å². The standard InChI is InChI=1S/C7H13NO4S/c1-12-7(9)8-4-6-2-3-13(10,11)5-6/h6H,2-5H2,1H3,(H,8,9)/t6-/m0/s1. The Balaban J connectivity index is 2.29. The van der Waals surface area contributed by atoms with Gasteiger partial charge in [-0.15, -0.1) is 0 Å². The van der Waals surface area contributed by atoms with E-state index in [0.717, 1.165) is 0 Å². The van der Waals surface area contributed by atoms with Crippen LogP contribution in [-0.2, 0) is 14.6 Å². The summed E-state index contributed by atoms with van der Waals surface area (Å²) in [4.78, 5) is 10.6. The Labute approximate surface area is 77.4 Å². The van der Waals surface area contributed by atoms with E-state index in [0.29, 0.717) is 13.0 Å². The summed E-state index contributed by atoms with van der Waals surface area (Å²) in [5.74, 6) is 0.460. The molecule has 13 heavy (non-hydrogen) atoms. The molecule has 0 unspecified atom stereocenters. The van der Waals surface area contributed by atoms with Gasteiger partial charge in [0.1, 0.15) is 0 Å². The van der Waals surface area contributed by atoms with Crippen LogP contribution >= 0.6 is 0 Å². The van der Waals surface area contributed by atoms with Crippen LogP contribution in [0.15, 0.2) is 0 Å². The van der Waals surface area contributed by atoms with Crippen LogP contribution in [0.1, 0.15) is 6.42 Å². The molecular weight excluding hydrogens is 194 g/mol. The lowest BCUT2D eigenvalue weighted by Gasteiger charge is -2.07. The molecule has 0 aliphatic carbocycles. The summed E-state index contributed by atoms with van der Waals surface area (Å²) in [5, 5.41) is 2.49. The van der Waals surface area contributed by atoms with Crippen molar-refractivity contribution in [2.45, 2.75) is 6.42 Å². The molecule has 5 nitrogen and oxygen atoms in total. The van der Waals surface area contributed by atoms with Gasteiger partial charge in [-0.3, -0.25) is 0 Å². The van der Waals surface area contributed by atoms with Gasteiger partial charge in [0, 0.05) is 6.54 Å². The molecule has 1 aliphatic heterocycles. The van der Waals surface area contributed by atoms with E-state index in [1.165, 1.54) is 7.11 Å². The highest BCUT2D eigenvalue weighted by Gasteiger charge is 2.27. The normalized spacial score (nSPS) is 25.5. The second-order valence-corrected chi connectivity index (χ2v) is 5.37. The average Bonchev–Trinajstić information content (AvgIpc) is 2.41. The van der Waals surface area contributed by atoms with Gasteiger partial charge < -0.3 is 10.1 Å². The predicted molar refractivity (Wildman–Crippen MR) is 47.2 cm³/mol. The van der Waals surface area contributed by atoms with E-state index >= 15 is 0 Å². The highest BCUT2D eigenvalue weighted by atomic mass is 32.2. The minimum absolute atomic E-state index is 0.0455. The Hall–Kier alpha value is -0.780. The molecule has 1 atom stereocenters. The molecule has 0 aromatic rings. The SMILES string of the molecule is COC(=O)NC[C@@H]1CCS(=O)(=O)C1. The smallest absolute Gasteiger partial charge is 0.406 e. The van der Waals surface area contributed by atoms with Crippen LogP contribution in [0, 0.1) is 5.92 Å². The van der Waals surface area contributed by atoms with Crippen LogP contribution in [0.5, 0.6) is 0 Å². The third-order valence-corrected chi connectivity index (χ3v) is 3.88. The maximum atomic E-state index is 11.0. The topological polar surface area (TPSA) is 72.5 Å². The van der Waals surface area contributed by atoms with Crippen molar-refractivity contribution in [2.75, 3.05) is 25.2 Å². The summed E-state index contributed by atoms with van der Waals surface area (Å²) in [7, 11) is -1.56. The second-order valence-electron chi connectivity index (χ2n) is 3.14. The fourth-order valence-electron chi connectivity index (χ4n) is 1.33. The zero-order valence-corrected chi connectivity index (χ0v) is 8.26. The number of hydrogen-bond donors (Lipinski definition) is 1. The summed E-state index contributed by atoms with van der Waals surface area (Å²) >= 11 is 0. The lowest BCUT2D eigenvalue weighted by Crippen LogP contribution is -2.29. The molecule has 1 amide bonds. The number of hydrogen-bond acceptors (Lipinski definition) is 4. The molecule has 1 aliphatic rings. The van der Waals surface area contributed by atoms with E-state index in [1.54, 1.807) is 0 Å². The van der Waals surface area contributed by atoms with Gasteiger partial charge in [0.05, 0.1) is 18.6 Å². The van der Waals surface area contributed by atoms with Crippen LogP contribution in [-0.4, -0.2) is 39.7 Å². The number of alkyl carbamates (subject to hydrolysis) is 1. The molecule has 6 heteroatoms. The zero-order chi connectivity index (χ0) is 9.90. The predicted octanol–water partition coefficient (Wildman–Crippen LogP) is -0.223. The number of sulfone groups is 1. The first-order valence-electron chi connectivity index (χ1n) is 4.06. The Kier molecular flexibility index (Phi) is 3.13. The van der Waals surface area contributed by atoms with E-state index < -0.39 is 15.9 Å². The van der Waals surface area contributed by atoms with Crippen molar-refractivity contribution in [3.63, 3.8) is 0 Å². The fraction of sp³-hybridized carbons (Fsp3) is 0.857. The van der Waals surface area contributed by atoms with Crippen LogP contribution in [0.25, 0.3) is 0 Å². The van der Waals surface area contributed by atoms with Crippen molar-refractivity contribution in [2.24, 2.45) is 5.92 Å². The van der Waals surface area contributed by atoms with Gasteiger partial charge in [-0.25, -0.2) is 13.2 Å². The van der Waals surface area contributed by atoms with Crippen LogP contribution in [0.3, 0.4) is 0 Å². The molecule has 1 N–H and O–H groups in total. The average molecular weight is 207 g/mol. The fourth-order valence-corrected chi connectivity index (χ4v) is 3.19. The molecule has 1 saturated heterocycles. The number of nitrogens with one attached hydrogen (secondary N) is 1. The van der Waals surface area contributed by atoms with Gasteiger partial charge in [-0.1, -0.05) is 0 Å². The van der Waals surface area contributed by atoms with E-state index in [-0.39, 0.29) is 17.4 Å². The number of rotatable bonds is 2. The van der Waals surface area contributed by atoms with Gasteiger partial charge in [0.25, 0.3) is 0 Å². The monoisotopic (exact) mass is 207 g/mol. The first-order chi connectivity index (χ1) is 6.03. The first kappa shape index (κ1) is 10.3. The quantitative estimate of drug-likeness (QED) is 0.679. The molecule has 0 saturated carbocycles. The lowest BCUT2D eigenvalue weighted by molar-refractivity contribution is 0.169. The largest absolute Gasteiger partial charge is 0.453 e. The number of carbonyl (C=O) groups is 1. The van der Waals surface area contributed by atoms with Crippen molar-refractivity contribution in [3.05, 3.63) is 0 Å². The molecule has 1 rings (SSSR count). The molecule has 0 radical (unpaired) electrons. The highest BCUT2D eigenvalue weighted by Crippen LogP contribution is 2.17. The van der Waals surface area contributed by atoms with Crippen LogP contribution in [0.2, 0.25) is 0 Å². The highest BCUT2D eigenvalue weighted by molar-refractivity contribution is 7.91. The summed E-state index contributed by atoms with van der Waals surface area (Å²) in [6, 6.07) is 0. The molecule has 0 spiro atoms. The van der Waals surface area contributed by atoms with E-state index in [1.807, 2.05) is 0 Å². The van der Waals surface area contributed by atoms with E-state index in [4.69, 9.17) is 0 Å². The van der Waals surface area contributed by atoms with Crippen molar-refractivity contribution in [1.82, 2.24) is 5.32 Å². The van der Waals surface area contributed by atoms with E-state index in [2.05, 4.69) is 10.1 Å². The molecule has 0 aromatic carbocycles. The summed E-state index contributed by atoms with van der Waals surface area (Å²) in [6.45, 7) is 0.381. The molecular formula is C7H13NO4S. The van der Waals surface area contributed by atoms with Crippen LogP contribution < -0.4 is 5.32 Å². The number of ether oxygens (including phenoxy) is 1. The van der Waals surface area contributed by atoms with E-state index in [9.17, 15) is 13.2 Å². The second kappa shape index (κ2) is 3.95. The molecule has 1 fully saturated rings. The Morgan fingerprint density at radius 2 is 2.31 bits per heavy atom. The summed E-state index contributed by atoms with van der Waals surface area (Å²) in [5.41, 5.74) is 0. The lowest BCUT2D eigenvalue weighted by atomic mass is 10.1. The summed E-state index contributed by atoms with van der Waals surface area (Å²) in [6.07, 6.45) is 0.121. The maximum Gasteiger partial charge on any atom is 0.406 e. The molecule has 0 aromatic heterocycles. The third-order valence-electron chi connectivity index (χ3n) is 2.05. The number of carbonyl (C=O) groups excluding carboxylic acids is 1. The van der Waals surface area contributed by atoms with Gasteiger partial charge in [0.15, 0.2) is 9.84 Å². The Morgan fingerprint density at radius 3 is 2.77 bits per heavy atom. The van der Waals surface area contributed by atoms with Gasteiger partial charge in [-0.2, -0.15) is 0 Å². The van der Waals surface area contributed by atoms with Gasteiger partial charge in [0.2, 0.25) is 0 Å². The molecule has 76 valence electrons. The maximum absolute atomic E-state index is 11.0. The van der Waals surface area contributed by atoms with Crippen molar-refractivity contribution in [3.8, 4) is 0 Å². The number of methoxy groups -OCH3 is 1. The Bertz CT molecular complexity index is 285. The molecule has 1 heterocycles. The molecule has 0 bridgehead atoms. The van der Waals surface area contributed by atoms with Crippen LogP contribution in [0.4, 0.5) is 4.79 Å². The number of amides is 1. The van der Waals surface area contributed by atoms with Gasteiger partial charge >= 0.3 is 6.09 Å². The minimum Gasteiger partial charge on any atom is -0.453 e. The van der Waals surface area contributed by atoms with Crippen molar-refractivity contribution >= 4 is 15.9 Å². The Morgan fingerprint density at radius 1 is 1.62 bits per heavy atom. The third kappa shape index (κ3) is 3.22. The minimum atomic E-state index is -2.84. The van der Waals surface area contributed by atoms with Crippen molar-refractivity contribution < 1.29 is 17.9 Å². The van der Waals surface area contributed by atoms with Crippen molar-refractivity contribution in [1.29, 1.82) is 0 Å². The zero-order valence-electron chi connectivity index (χ0n) is 7.45. The first-order valence-corrected chi connectivity index (χ1v) is 5.88.